The minimum atomic E-state index is -3.80. The van der Waals surface area contributed by atoms with E-state index in [4.69, 9.17) is 4.74 Å². The smallest absolute Gasteiger partial charge is 0.416 e. The van der Waals surface area contributed by atoms with Crippen LogP contribution < -0.4 is 0 Å². The molecule has 2 saturated heterocycles. The van der Waals surface area contributed by atoms with Gasteiger partial charge in [-0.05, 0) is 43.4 Å². The van der Waals surface area contributed by atoms with Gasteiger partial charge in [0.1, 0.15) is 6.61 Å². The van der Waals surface area contributed by atoms with E-state index >= 15 is 0 Å². The first kappa shape index (κ1) is 21.1. The van der Waals surface area contributed by atoms with Gasteiger partial charge in [0, 0.05) is 12.6 Å². The van der Waals surface area contributed by atoms with E-state index in [1.165, 1.54) is 4.31 Å². The Balaban J connectivity index is 1.72. The molecular weight excluding hydrogens is 404 g/mol. The Labute approximate surface area is 177 Å². The largest absolute Gasteiger partial charge is 0.447 e. The fourth-order valence-electron chi connectivity index (χ4n) is 4.97. The average Bonchev–Trinajstić information content (AvgIpc) is 3.32. The number of rotatable bonds is 4. The first-order chi connectivity index (χ1) is 14.3. The Hall–Kier alpha value is -2.19. The number of aryl methyl sites for hydroxylation is 1. The second-order valence-corrected chi connectivity index (χ2v) is 10.4. The quantitative estimate of drug-likeness (QED) is 0.683. The Morgan fingerprint density at radius 1 is 1.13 bits per heavy atom. The van der Waals surface area contributed by atoms with Gasteiger partial charge >= 0.3 is 6.09 Å². The topological polar surface area (TPSA) is 84.0 Å². The molecule has 1 aliphatic carbocycles. The van der Waals surface area contributed by atoms with E-state index in [1.807, 2.05) is 6.92 Å². The lowest BCUT2D eigenvalue weighted by Crippen LogP contribution is -2.48. The lowest BCUT2D eigenvalue weighted by molar-refractivity contribution is -0.132. The number of nitrogens with zero attached hydrogens (tertiary/aromatic N) is 2. The molecule has 0 bridgehead atoms. The van der Waals surface area contributed by atoms with Gasteiger partial charge in [-0.25, -0.2) is 18.1 Å². The number of ether oxygens (including phenoxy) is 1. The first-order valence-corrected chi connectivity index (χ1v) is 12.0. The number of hydrogen-bond donors (Lipinski definition) is 0. The molecule has 1 aromatic rings. The van der Waals surface area contributed by atoms with Gasteiger partial charge in [0.25, 0.3) is 0 Å². The van der Waals surface area contributed by atoms with Crippen molar-refractivity contribution in [3.63, 3.8) is 0 Å². The van der Waals surface area contributed by atoms with Crippen LogP contribution in [0, 0.1) is 18.8 Å². The number of amides is 2. The third-order valence-corrected chi connectivity index (χ3v) is 8.38. The molecule has 4 rings (SSSR count). The molecule has 3 aliphatic rings. The zero-order chi connectivity index (χ0) is 21.5. The Morgan fingerprint density at radius 3 is 2.40 bits per heavy atom. The first-order valence-electron chi connectivity index (χ1n) is 10.5. The maximum Gasteiger partial charge on any atom is 0.416 e. The standard InChI is InChI=1S/C22H28N2O5S/c1-15-8-10-18(11-9-15)30(27,28)24-14-16(2)19(20(24)17-6-4-3-5-7-17)21(25)23-12-13-29-22(23)26/h8-11,17,19-20H,2-7,12-14H2,1H3/t19-,20+/m0/s1. The summed E-state index contributed by atoms with van der Waals surface area (Å²) in [4.78, 5) is 26.7. The van der Waals surface area contributed by atoms with E-state index < -0.39 is 28.1 Å². The number of hydrogen-bond acceptors (Lipinski definition) is 5. The molecule has 2 amide bonds. The van der Waals surface area contributed by atoms with Gasteiger partial charge in [0.05, 0.1) is 17.4 Å². The van der Waals surface area contributed by atoms with Crippen molar-refractivity contribution in [1.29, 1.82) is 0 Å². The molecule has 1 aromatic carbocycles. The second kappa shape index (κ2) is 8.15. The number of carbonyl (C=O) groups excluding carboxylic acids is 2. The van der Waals surface area contributed by atoms with Gasteiger partial charge < -0.3 is 4.74 Å². The zero-order valence-corrected chi connectivity index (χ0v) is 18.1. The van der Waals surface area contributed by atoms with Crippen molar-refractivity contribution in [1.82, 2.24) is 9.21 Å². The summed E-state index contributed by atoms with van der Waals surface area (Å²) in [6.07, 6.45) is 4.22. The van der Waals surface area contributed by atoms with Gasteiger partial charge in [-0.3, -0.25) is 4.79 Å². The molecule has 3 fully saturated rings. The fourth-order valence-corrected chi connectivity index (χ4v) is 6.67. The molecule has 0 unspecified atom stereocenters. The van der Waals surface area contributed by atoms with E-state index in [9.17, 15) is 18.0 Å². The van der Waals surface area contributed by atoms with Crippen molar-refractivity contribution >= 4 is 22.0 Å². The summed E-state index contributed by atoms with van der Waals surface area (Å²) >= 11 is 0. The summed E-state index contributed by atoms with van der Waals surface area (Å²) in [5.74, 6) is -1.05. The molecule has 30 heavy (non-hydrogen) atoms. The minimum absolute atomic E-state index is 0.0609. The van der Waals surface area contributed by atoms with Gasteiger partial charge in [0.15, 0.2) is 0 Å². The highest BCUT2D eigenvalue weighted by Crippen LogP contribution is 2.43. The van der Waals surface area contributed by atoms with E-state index in [2.05, 4.69) is 6.58 Å². The van der Waals surface area contributed by atoms with E-state index in [0.717, 1.165) is 42.6 Å². The van der Waals surface area contributed by atoms with Gasteiger partial charge in [-0.1, -0.05) is 43.5 Å². The van der Waals surface area contributed by atoms with Crippen molar-refractivity contribution < 1.29 is 22.7 Å². The molecule has 0 N–H and O–H groups in total. The fraction of sp³-hybridized carbons (Fsp3) is 0.545. The molecular formula is C22H28N2O5S. The molecule has 2 heterocycles. The van der Waals surface area contributed by atoms with Crippen molar-refractivity contribution in [2.24, 2.45) is 11.8 Å². The number of cyclic esters (lactones) is 1. The lowest BCUT2D eigenvalue weighted by Gasteiger charge is -2.36. The van der Waals surface area contributed by atoms with Crippen molar-refractivity contribution in [2.45, 2.75) is 50.0 Å². The van der Waals surface area contributed by atoms with Crippen molar-refractivity contribution in [3.05, 3.63) is 42.0 Å². The summed E-state index contributed by atoms with van der Waals surface area (Å²) < 4.78 is 33.5. The number of sulfonamides is 1. The van der Waals surface area contributed by atoms with Crippen LogP contribution in [0.2, 0.25) is 0 Å². The van der Waals surface area contributed by atoms with Gasteiger partial charge in [-0.2, -0.15) is 4.31 Å². The summed E-state index contributed by atoms with van der Waals surface area (Å²) in [6.45, 7) is 6.43. The number of carbonyl (C=O) groups is 2. The maximum absolute atomic E-state index is 13.6. The van der Waals surface area contributed by atoms with Crippen LogP contribution in [0.25, 0.3) is 0 Å². The molecule has 0 radical (unpaired) electrons. The third-order valence-electron chi connectivity index (χ3n) is 6.53. The summed E-state index contributed by atoms with van der Waals surface area (Å²) in [6, 6.07) is 6.24. The predicted octanol–water partition coefficient (Wildman–Crippen LogP) is 3.10. The molecule has 162 valence electrons. The van der Waals surface area contributed by atoms with E-state index in [1.54, 1.807) is 24.3 Å². The lowest BCUT2D eigenvalue weighted by atomic mass is 9.78. The van der Waals surface area contributed by atoms with Crippen LogP contribution in [0.15, 0.2) is 41.3 Å². The Morgan fingerprint density at radius 2 is 1.80 bits per heavy atom. The molecule has 1 saturated carbocycles. The summed E-state index contributed by atoms with van der Waals surface area (Å²) in [5.41, 5.74) is 1.52. The Bertz CT molecular complexity index is 950. The van der Waals surface area contributed by atoms with Crippen molar-refractivity contribution in [3.8, 4) is 0 Å². The van der Waals surface area contributed by atoms with Gasteiger partial charge in [-0.15, -0.1) is 0 Å². The molecule has 2 atom stereocenters. The van der Waals surface area contributed by atoms with Crippen LogP contribution in [-0.2, 0) is 19.6 Å². The predicted molar refractivity (Wildman–Crippen MR) is 111 cm³/mol. The van der Waals surface area contributed by atoms with Crippen LogP contribution in [0.1, 0.15) is 37.7 Å². The van der Waals surface area contributed by atoms with Crippen LogP contribution in [0.3, 0.4) is 0 Å². The minimum Gasteiger partial charge on any atom is -0.447 e. The summed E-state index contributed by atoms with van der Waals surface area (Å²) in [7, 11) is -3.80. The van der Waals surface area contributed by atoms with Gasteiger partial charge in [0.2, 0.25) is 15.9 Å². The molecule has 7 nitrogen and oxygen atoms in total. The highest BCUT2D eigenvalue weighted by molar-refractivity contribution is 7.89. The SMILES string of the molecule is C=C1CN(S(=O)(=O)c2ccc(C)cc2)[C@H](C2CCCCC2)[C@H]1C(=O)N1CCOC1=O. The third kappa shape index (κ3) is 3.67. The maximum atomic E-state index is 13.6. The second-order valence-electron chi connectivity index (χ2n) is 8.49. The normalized spacial score (nSPS) is 26.2. The highest BCUT2D eigenvalue weighted by atomic mass is 32.2. The number of benzene rings is 1. The molecule has 8 heteroatoms. The van der Waals surface area contributed by atoms with E-state index in [-0.39, 0.29) is 36.4 Å². The molecule has 0 aromatic heterocycles. The average molecular weight is 433 g/mol. The van der Waals surface area contributed by atoms with E-state index in [0.29, 0.717) is 5.57 Å². The highest BCUT2D eigenvalue weighted by Gasteiger charge is 2.52. The van der Waals surface area contributed by atoms with Crippen LogP contribution >= 0.6 is 0 Å². The monoisotopic (exact) mass is 432 g/mol. The van der Waals surface area contributed by atoms with Crippen molar-refractivity contribution in [2.75, 3.05) is 19.7 Å². The van der Waals surface area contributed by atoms with Crippen LogP contribution in [0.4, 0.5) is 4.79 Å². The Kier molecular flexibility index (Phi) is 5.72. The zero-order valence-electron chi connectivity index (χ0n) is 17.2. The van der Waals surface area contributed by atoms with Crippen LogP contribution in [-0.4, -0.2) is 55.4 Å². The number of imide groups is 1. The summed E-state index contributed by atoms with van der Waals surface area (Å²) in [5, 5.41) is 0. The molecule has 0 spiro atoms. The molecule has 2 aliphatic heterocycles. The van der Waals surface area contributed by atoms with Crippen LogP contribution in [0.5, 0.6) is 0 Å².